The largest absolute Gasteiger partial charge is 1.00 e. The minimum absolute atomic E-state index is 0. The molecular weight excluding hydrogens is 220 g/mol. The van der Waals surface area contributed by atoms with Crippen LogP contribution in [0, 0.1) is 6.92 Å². The molecule has 2 aromatic rings. The smallest absolute Gasteiger partial charge is 0.292 e. The molecule has 1 aromatic carbocycles. The van der Waals surface area contributed by atoms with Crippen molar-refractivity contribution in [2.75, 3.05) is 0 Å². The topological polar surface area (TPSA) is 0 Å². The van der Waals surface area contributed by atoms with E-state index in [1.807, 2.05) is 10.3 Å². The number of aryl methyl sites for hydroxylation is 1. The van der Waals surface area contributed by atoms with Gasteiger partial charge in [-0.15, -0.1) is 0 Å². The summed E-state index contributed by atoms with van der Waals surface area (Å²) in [6.07, 6.45) is 0. The van der Waals surface area contributed by atoms with Crippen LogP contribution in [-0.2, 0) is 0 Å². The lowest BCUT2D eigenvalue weighted by atomic mass is 10.1. The first kappa shape index (κ1) is 10.6. The van der Waals surface area contributed by atoms with Gasteiger partial charge in [0.2, 0.25) is 5.38 Å². The zero-order chi connectivity index (χ0) is 8.39. The molecule has 0 aliphatic heterocycles. The highest BCUT2D eigenvalue weighted by molar-refractivity contribution is 7.70. The fourth-order valence-electron chi connectivity index (χ4n) is 1.18. The summed E-state index contributed by atoms with van der Waals surface area (Å²) in [6.45, 7) is 2.15. The monoisotopic (exact) mass is 228 g/mol. The molecule has 0 atom stereocenters. The SMILES string of the molecule is Cc1ccccc1-c1cc[s+]s1.[Cl-]. The maximum Gasteiger partial charge on any atom is 0.292 e. The van der Waals surface area contributed by atoms with Crippen molar-refractivity contribution in [2.24, 2.45) is 0 Å². The molecule has 1 aromatic heterocycles. The van der Waals surface area contributed by atoms with Crippen LogP contribution in [0.4, 0.5) is 0 Å². The predicted octanol–water partition coefficient (Wildman–Crippen LogP) is 1.07. The van der Waals surface area contributed by atoms with Crippen LogP contribution in [-0.4, -0.2) is 0 Å². The molecule has 0 N–H and O–H groups in total. The van der Waals surface area contributed by atoms with Crippen LogP contribution >= 0.6 is 20.7 Å². The Morgan fingerprint density at radius 1 is 1.15 bits per heavy atom. The van der Waals surface area contributed by atoms with Gasteiger partial charge >= 0.3 is 0 Å². The molecule has 0 aliphatic carbocycles. The van der Waals surface area contributed by atoms with Gasteiger partial charge in [-0.2, -0.15) is 0 Å². The first-order valence-electron chi connectivity index (χ1n) is 3.81. The summed E-state index contributed by atoms with van der Waals surface area (Å²) in [5, 5.41) is 2.13. The van der Waals surface area contributed by atoms with Gasteiger partial charge in [0.1, 0.15) is 0 Å². The third-order valence-electron chi connectivity index (χ3n) is 1.82. The summed E-state index contributed by atoms with van der Waals surface area (Å²) in [6, 6.07) is 10.7. The molecule has 0 spiro atoms. The third-order valence-corrected chi connectivity index (χ3v) is 3.86. The average molecular weight is 229 g/mol. The molecule has 0 nitrogen and oxygen atoms in total. The summed E-state index contributed by atoms with van der Waals surface area (Å²) >= 11 is 0. The first-order chi connectivity index (χ1) is 5.88. The van der Waals surface area contributed by atoms with Crippen LogP contribution in [0.5, 0.6) is 0 Å². The Kier molecular flexibility index (Phi) is 3.85. The van der Waals surface area contributed by atoms with Gasteiger partial charge in [0.15, 0.2) is 10.3 Å². The third kappa shape index (κ3) is 2.27. The molecule has 68 valence electrons. The normalized spacial score (nSPS) is 9.31. The van der Waals surface area contributed by atoms with Crippen LogP contribution in [0.15, 0.2) is 35.7 Å². The van der Waals surface area contributed by atoms with Gasteiger partial charge in [-0.05, 0) is 18.1 Å². The molecule has 0 aliphatic rings. The quantitative estimate of drug-likeness (QED) is 0.506. The van der Waals surface area contributed by atoms with E-state index >= 15 is 0 Å². The van der Waals surface area contributed by atoms with E-state index in [4.69, 9.17) is 0 Å². The Hall–Kier alpha value is -0.440. The lowest BCUT2D eigenvalue weighted by molar-refractivity contribution is -0.00000225. The summed E-state index contributed by atoms with van der Waals surface area (Å²) < 4.78 is 0. The number of halogens is 1. The number of rotatable bonds is 1. The summed E-state index contributed by atoms with van der Waals surface area (Å²) in [5.41, 5.74) is 2.72. The highest BCUT2D eigenvalue weighted by Gasteiger charge is 2.06. The van der Waals surface area contributed by atoms with Crippen LogP contribution in [0.2, 0.25) is 0 Å². The van der Waals surface area contributed by atoms with E-state index in [1.165, 1.54) is 16.0 Å². The van der Waals surface area contributed by atoms with Crippen LogP contribution < -0.4 is 12.4 Å². The molecule has 0 saturated heterocycles. The van der Waals surface area contributed by atoms with Crippen molar-refractivity contribution < 1.29 is 12.4 Å². The maximum atomic E-state index is 2.18. The minimum Gasteiger partial charge on any atom is -1.00 e. The lowest BCUT2D eigenvalue weighted by Crippen LogP contribution is -3.00. The highest BCUT2D eigenvalue weighted by atomic mass is 35.5. The van der Waals surface area contributed by atoms with Gasteiger partial charge in [0.25, 0.3) is 10.3 Å². The maximum absolute atomic E-state index is 2.18. The first-order valence-corrected chi connectivity index (χ1v) is 6.02. The molecule has 0 saturated carbocycles. The number of hydrogen-bond acceptors (Lipinski definition) is 1. The van der Waals surface area contributed by atoms with Crippen LogP contribution in [0.3, 0.4) is 0 Å². The number of benzene rings is 1. The second kappa shape index (κ2) is 4.70. The standard InChI is InChI=1S/C10H9S2.ClH/c1-8-4-2-3-5-9(8)10-6-7-11-12-10;/h2-7H,1H3;1H/q+1;/p-1. The van der Waals surface area contributed by atoms with Crippen molar-refractivity contribution in [2.45, 2.75) is 6.92 Å². The molecule has 13 heavy (non-hydrogen) atoms. The Labute approximate surface area is 91.7 Å². The number of hydrogen-bond donors (Lipinski definition) is 0. The highest BCUT2D eigenvalue weighted by Crippen LogP contribution is 2.29. The van der Waals surface area contributed by atoms with Crippen molar-refractivity contribution in [3.63, 3.8) is 0 Å². The van der Waals surface area contributed by atoms with Crippen LogP contribution in [0.25, 0.3) is 10.4 Å². The molecular formula is C10H9ClS2. The Balaban J connectivity index is 0.000000845. The zero-order valence-electron chi connectivity index (χ0n) is 7.16. The van der Waals surface area contributed by atoms with Gasteiger partial charge in [-0.1, -0.05) is 24.3 Å². The van der Waals surface area contributed by atoms with Crippen molar-refractivity contribution >= 4 is 20.7 Å². The molecule has 3 heteroatoms. The molecule has 0 unspecified atom stereocenters. The van der Waals surface area contributed by atoms with Gasteiger partial charge in [-0.25, -0.2) is 0 Å². The van der Waals surface area contributed by atoms with Crippen molar-refractivity contribution in [1.82, 2.24) is 0 Å². The van der Waals surface area contributed by atoms with Gasteiger partial charge < -0.3 is 12.4 Å². The van der Waals surface area contributed by atoms with E-state index in [-0.39, 0.29) is 12.4 Å². The summed E-state index contributed by atoms with van der Waals surface area (Å²) in [4.78, 5) is 1.37. The molecule has 0 fully saturated rings. The molecule has 0 radical (unpaired) electrons. The van der Waals surface area contributed by atoms with Crippen molar-refractivity contribution in [3.05, 3.63) is 41.3 Å². The second-order valence-corrected chi connectivity index (χ2v) is 4.81. The average Bonchev–Trinajstić information content (AvgIpc) is 2.57. The molecule has 0 amide bonds. The Bertz CT molecular complexity index is 368. The zero-order valence-corrected chi connectivity index (χ0v) is 9.55. The Morgan fingerprint density at radius 3 is 2.54 bits per heavy atom. The summed E-state index contributed by atoms with van der Waals surface area (Å²) in [7, 11) is 3.62. The minimum atomic E-state index is 0. The van der Waals surface area contributed by atoms with Crippen molar-refractivity contribution in [1.29, 1.82) is 0 Å². The fraction of sp³-hybridized carbons (Fsp3) is 0.100. The molecule has 0 bridgehead atoms. The van der Waals surface area contributed by atoms with E-state index in [2.05, 4.69) is 42.6 Å². The van der Waals surface area contributed by atoms with Gasteiger partial charge in [0, 0.05) is 6.07 Å². The molecule has 1 heterocycles. The lowest BCUT2D eigenvalue weighted by Gasteiger charge is -1.98. The fourth-order valence-corrected chi connectivity index (χ4v) is 3.14. The van der Waals surface area contributed by atoms with Gasteiger partial charge in [0.05, 0.1) is 4.88 Å². The van der Waals surface area contributed by atoms with E-state index in [9.17, 15) is 0 Å². The summed E-state index contributed by atoms with van der Waals surface area (Å²) in [5.74, 6) is 0. The van der Waals surface area contributed by atoms with E-state index in [0.29, 0.717) is 0 Å². The van der Waals surface area contributed by atoms with Crippen molar-refractivity contribution in [3.8, 4) is 10.4 Å². The van der Waals surface area contributed by atoms with Gasteiger partial charge in [-0.3, -0.25) is 0 Å². The Morgan fingerprint density at radius 2 is 1.92 bits per heavy atom. The molecule has 2 rings (SSSR count). The van der Waals surface area contributed by atoms with E-state index in [1.54, 1.807) is 10.3 Å². The van der Waals surface area contributed by atoms with Crippen LogP contribution in [0.1, 0.15) is 5.56 Å². The predicted molar refractivity (Wildman–Crippen MR) is 56.8 cm³/mol. The van der Waals surface area contributed by atoms with E-state index in [0.717, 1.165) is 0 Å². The second-order valence-electron chi connectivity index (χ2n) is 2.66. The van der Waals surface area contributed by atoms with E-state index < -0.39 is 0 Å².